The molecule has 0 bridgehead atoms. The van der Waals surface area contributed by atoms with Crippen LogP contribution in [0.4, 0.5) is 5.82 Å². The van der Waals surface area contributed by atoms with E-state index in [2.05, 4.69) is 9.51 Å². The lowest BCUT2D eigenvalue weighted by Crippen LogP contribution is -2.28. The van der Waals surface area contributed by atoms with Crippen LogP contribution in [-0.4, -0.2) is 37.1 Å². The summed E-state index contributed by atoms with van der Waals surface area (Å²) in [7, 11) is -4.52. The minimum absolute atomic E-state index is 0.119. The van der Waals surface area contributed by atoms with Gasteiger partial charge in [-0.05, 0) is 6.07 Å². The van der Waals surface area contributed by atoms with Crippen LogP contribution in [-0.2, 0) is 13.8 Å². The Bertz CT molecular complexity index is 560. The molecular formula is C8H12N3O6PS. The van der Waals surface area contributed by atoms with Gasteiger partial charge in [0.25, 0.3) is 0 Å². The predicted octanol–water partition coefficient (Wildman–Crippen LogP) is -0.477. The summed E-state index contributed by atoms with van der Waals surface area (Å²) >= 11 is 1.29. The molecule has 2 rings (SSSR count). The van der Waals surface area contributed by atoms with E-state index in [0.717, 1.165) is 0 Å². The topological polar surface area (TPSA) is 137 Å². The molecule has 9 nitrogen and oxygen atoms in total. The maximum atomic E-state index is 11.6. The molecule has 0 aromatic carbocycles. The lowest BCUT2D eigenvalue weighted by molar-refractivity contribution is -0.00645. The van der Waals surface area contributed by atoms with Gasteiger partial charge in [-0.1, -0.05) is 0 Å². The Kier molecular flexibility index (Phi) is 4.29. The standard InChI is InChI=1S/C8H12N3O6PS/c9-5-1-2-11(8(12)10-5)6-4-19-7(17-6)3-16-18(13,14)15/h1-2,6-7H,3-4H2,(H2,9,10,12)(H2,13,14,15)/t6-,7+/m1/s1. The summed E-state index contributed by atoms with van der Waals surface area (Å²) in [6.07, 6.45) is 0.901. The number of hydrogen-bond acceptors (Lipinski definition) is 7. The van der Waals surface area contributed by atoms with Gasteiger partial charge in [-0.3, -0.25) is 9.09 Å². The molecule has 0 radical (unpaired) electrons. The highest BCUT2D eigenvalue weighted by Crippen LogP contribution is 2.39. The van der Waals surface area contributed by atoms with Crippen molar-refractivity contribution in [1.29, 1.82) is 0 Å². The highest BCUT2D eigenvalue weighted by molar-refractivity contribution is 8.00. The SMILES string of the molecule is Nc1ccn([C@H]2CS[C@@H](COP(=O)(O)O)O2)c(=O)n1. The largest absolute Gasteiger partial charge is 0.469 e. The zero-order valence-corrected chi connectivity index (χ0v) is 11.3. The van der Waals surface area contributed by atoms with Crippen LogP contribution in [0.15, 0.2) is 17.1 Å². The van der Waals surface area contributed by atoms with Crippen LogP contribution in [0, 0.1) is 0 Å². The molecule has 11 heteroatoms. The van der Waals surface area contributed by atoms with E-state index in [-0.39, 0.29) is 12.4 Å². The van der Waals surface area contributed by atoms with E-state index < -0.39 is 25.2 Å². The van der Waals surface area contributed by atoms with Gasteiger partial charge in [-0.25, -0.2) is 9.36 Å². The number of phosphoric acid groups is 1. The second-order valence-corrected chi connectivity index (χ2v) is 6.11. The average Bonchev–Trinajstić information content (AvgIpc) is 2.74. The van der Waals surface area contributed by atoms with E-state index in [4.69, 9.17) is 20.3 Å². The first-order chi connectivity index (χ1) is 8.85. The van der Waals surface area contributed by atoms with Gasteiger partial charge in [0, 0.05) is 11.9 Å². The minimum Gasteiger partial charge on any atom is -0.383 e. The number of phosphoric ester groups is 1. The Morgan fingerprint density at radius 2 is 2.42 bits per heavy atom. The van der Waals surface area contributed by atoms with Gasteiger partial charge in [-0.2, -0.15) is 4.98 Å². The van der Waals surface area contributed by atoms with Crippen LogP contribution in [0.3, 0.4) is 0 Å². The fourth-order valence-corrected chi connectivity index (χ4v) is 2.90. The lowest BCUT2D eigenvalue weighted by Gasteiger charge is -2.14. The molecule has 1 aromatic heterocycles. The highest BCUT2D eigenvalue weighted by Gasteiger charge is 2.30. The first kappa shape index (κ1) is 14.5. The molecule has 1 saturated heterocycles. The van der Waals surface area contributed by atoms with Gasteiger partial charge in [-0.15, -0.1) is 11.8 Å². The molecule has 0 unspecified atom stereocenters. The Hall–Kier alpha value is -0.900. The zero-order chi connectivity index (χ0) is 14.0. The van der Waals surface area contributed by atoms with Gasteiger partial charge in [0.1, 0.15) is 17.5 Å². The van der Waals surface area contributed by atoms with Crippen LogP contribution in [0.25, 0.3) is 0 Å². The van der Waals surface area contributed by atoms with Crippen molar-refractivity contribution in [3.05, 3.63) is 22.7 Å². The molecule has 0 spiro atoms. The van der Waals surface area contributed by atoms with Gasteiger partial charge < -0.3 is 20.3 Å². The van der Waals surface area contributed by atoms with Crippen molar-refractivity contribution >= 4 is 25.4 Å². The van der Waals surface area contributed by atoms with Crippen LogP contribution >= 0.6 is 19.6 Å². The molecule has 0 saturated carbocycles. The van der Waals surface area contributed by atoms with E-state index in [9.17, 15) is 9.36 Å². The molecule has 106 valence electrons. The number of anilines is 1. The molecular weight excluding hydrogens is 297 g/mol. The summed E-state index contributed by atoms with van der Waals surface area (Å²) in [6.45, 7) is -0.261. The third-order valence-corrected chi connectivity index (χ3v) is 3.86. The van der Waals surface area contributed by atoms with Gasteiger partial charge in [0.05, 0.1) is 6.61 Å². The van der Waals surface area contributed by atoms with Crippen molar-refractivity contribution in [2.24, 2.45) is 0 Å². The van der Waals surface area contributed by atoms with Crippen LogP contribution in [0.5, 0.6) is 0 Å². The first-order valence-corrected chi connectivity index (χ1v) is 7.75. The fraction of sp³-hybridized carbons (Fsp3) is 0.500. The highest BCUT2D eigenvalue weighted by atomic mass is 32.2. The number of ether oxygens (including phenoxy) is 1. The van der Waals surface area contributed by atoms with Crippen LogP contribution < -0.4 is 11.4 Å². The monoisotopic (exact) mass is 309 g/mol. The minimum atomic E-state index is -4.52. The molecule has 4 N–H and O–H groups in total. The number of nitrogen functional groups attached to an aromatic ring is 1. The van der Waals surface area contributed by atoms with Crippen molar-refractivity contribution < 1.29 is 23.6 Å². The number of rotatable bonds is 4. The van der Waals surface area contributed by atoms with Crippen molar-refractivity contribution in [1.82, 2.24) is 9.55 Å². The average molecular weight is 309 g/mol. The molecule has 1 aliphatic rings. The quantitative estimate of drug-likeness (QED) is 0.630. The number of hydrogen-bond donors (Lipinski definition) is 3. The molecule has 1 aliphatic heterocycles. The molecule has 0 aliphatic carbocycles. The Morgan fingerprint density at radius 3 is 3.05 bits per heavy atom. The summed E-state index contributed by atoms with van der Waals surface area (Å²) in [4.78, 5) is 32.3. The summed E-state index contributed by atoms with van der Waals surface area (Å²) in [5.74, 6) is 0.564. The molecule has 1 aromatic rings. The number of nitrogens with zero attached hydrogens (tertiary/aromatic N) is 2. The Balaban J connectivity index is 1.98. The van der Waals surface area contributed by atoms with Crippen molar-refractivity contribution in [3.8, 4) is 0 Å². The van der Waals surface area contributed by atoms with Gasteiger partial charge in [0.15, 0.2) is 0 Å². The van der Waals surface area contributed by atoms with Gasteiger partial charge in [0.2, 0.25) is 0 Å². The van der Waals surface area contributed by atoms with E-state index >= 15 is 0 Å². The summed E-state index contributed by atoms with van der Waals surface area (Å²) in [5.41, 5.74) is 4.28. The van der Waals surface area contributed by atoms with Crippen LogP contribution in [0.1, 0.15) is 6.23 Å². The van der Waals surface area contributed by atoms with Crippen molar-refractivity contribution in [3.63, 3.8) is 0 Å². The number of thioether (sulfide) groups is 1. The van der Waals surface area contributed by atoms with E-state index in [0.29, 0.717) is 5.75 Å². The maximum Gasteiger partial charge on any atom is 0.469 e. The Morgan fingerprint density at radius 1 is 1.68 bits per heavy atom. The summed E-state index contributed by atoms with van der Waals surface area (Å²) in [6, 6.07) is 1.47. The Labute approximate surface area is 112 Å². The van der Waals surface area contributed by atoms with Gasteiger partial charge >= 0.3 is 13.5 Å². The number of nitrogens with two attached hydrogens (primary N) is 1. The molecule has 0 amide bonds. The second kappa shape index (κ2) is 5.61. The summed E-state index contributed by atoms with van der Waals surface area (Å²) < 4.78 is 21.6. The number of aromatic nitrogens is 2. The van der Waals surface area contributed by atoms with E-state index in [1.807, 2.05) is 0 Å². The fourth-order valence-electron chi connectivity index (χ4n) is 1.48. The molecule has 19 heavy (non-hydrogen) atoms. The zero-order valence-electron chi connectivity index (χ0n) is 9.58. The smallest absolute Gasteiger partial charge is 0.383 e. The second-order valence-electron chi connectivity index (χ2n) is 3.68. The molecule has 2 atom stereocenters. The predicted molar refractivity (Wildman–Crippen MR) is 67.3 cm³/mol. The van der Waals surface area contributed by atoms with E-state index in [1.54, 1.807) is 0 Å². The lowest BCUT2D eigenvalue weighted by atomic mass is 10.5. The van der Waals surface area contributed by atoms with E-state index in [1.165, 1.54) is 28.6 Å². The molecule has 1 fully saturated rings. The third kappa shape index (κ3) is 4.03. The maximum absolute atomic E-state index is 11.6. The van der Waals surface area contributed by atoms with Crippen LogP contribution in [0.2, 0.25) is 0 Å². The van der Waals surface area contributed by atoms with Crippen molar-refractivity contribution in [2.75, 3.05) is 18.1 Å². The normalized spacial score (nSPS) is 23.7. The first-order valence-electron chi connectivity index (χ1n) is 5.17. The summed E-state index contributed by atoms with van der Waals surface area (Å²) in [5, 5.41) is 0. The molecule has 2 heterocycles. The third-order valence-electron chi connectivity index (χ3n) is 2.27. The van der Waals surface area contributed by atoms with Crippen molar-refractivity contribution in [2.45, 2.75) is 11.7 Å².